The number of pyridine rings is 1. The second-order valence-corrected chi connectivity index (χ2v) is 6.97. The summed E-state index contributed by atoms with van der Waals surface area (Å²) in [5.74, 6) is 0. The van der Waals surface area contributed by atoms with Gasteiger partial charge in [-0.05, 0) is 37.1 Å². The zero-order valence-electron chi connectivity index (χ0n) is 12.1. The van der Waals surface area contributed by atoms with Crippen LogP contribution in [0.25, 0.3) is 10.9 Å². The molecule has 0 saturated carbocycles. The van der Waals surface area contributed by atoms with Crippen molar-refractivity contribution in [2.24, 2.45) is 0 Å². The monoisotopic (exact) mass is 292 g/mol. The smallest absolute Gasteiger partial charge is 0.243 e. The molecule has 0 aliphatic heterocycles. The van der Waals surface area contributed by atoms with E-state index < -0.39 is 10.0 Å². The molecule has 5 heteroatoms. The predicted molar refractivity (Wildman–Crippen MR) is 81.2 cm³/mol. The second kappa shape index (κ2) is 5.89. The molecule has 2 aromatic rings. The molecule has 1 aromatic heterocycles. The van der Waals surface area contributed by atoms with E-state index in [0.29, 0.717) is 16.8 Å². The number of sulfonamides is 1. The predicted octanol–water partition coefficient (Wildman–Crippen LogP) is 2.96. The summed E-state index contributed by atoms with van der Waals surface area (Å²) in [4.78, 5) is 4.63. The maximum atomic E-state index is 12.7. The van der Waals surface area contributed by atoms with Crippen molar-refractivity contribution in [3.05, 3.63) is 36.0 Å². The van der Waals surface area contributed by atoms with Crippen molar-refractivity contribution in [1.29, 1.82) is 0 Å². The Morgan fingerprint density at radius 1 is 1.25 bits per heavy atom. The molecule has 0 aliphatic rings. The van der Waals surface area contributed by atoms with Crippen LogP contribution in [0.1, 0.15) is 25.3 Å². The maximum absolute atomic E-state index is 12.7. The Hall–Kier alpha value is -1.46. The van der Waals surface area contributed by atoms with Crippen LogP contribution in [0.2, 0.25) is 0 Å². The Morgan fingerprint density at radius 2 is 2.00 bits per heavy atom. The first-order valence-corrected chi connectivity index (χ1v) is 8.23. The Morgan fingerprint density at radius 3 is 2.70 bits per heavy atom. The van der Waals surface area contributed by atoms with Gasteiger partial charge in [-0.15, -0.1) is 0 Å². The lowest BCUT2D eigenvalue weighted by Gasteiger charge is -2.18. The summed E-state index contributed by atoms with van der Waals surface area (Å²) in [5, 5.41) is 0.691. The summed E-state index contributed by atoms with van der Waals surface area (Å²) in [7, 11) is -1.83. The zero-order valence-corrected chi connectivity index (χ0v) is 12.9. The van der Waals surface area contributed by atoms with Crippen LogP contribution >= 0.6 is 0 Å². The van der Waals surface area contributed by atoms with E-state index in [1.807, 2.05) is 26.0 Å². The molecular weight excluding hydrogens is 272 g/mol. The summed E-state index contributed by atoms with van der Waals surface area (Å²) in [6.07, 6.45) is 3.51. The molecule has 0 radical (unpaired) electrons. The average Bonchev–Trinajstić information content (AvgIpc) is 2.45. The molecule has 0 fully saturated rings. The van der Waals surface area contributed by atoms with E-state index in [2.05, 4.69) is 4.98 Å². The number of rotatable bonds is 5. The highest BCUT2D eigenvalue weighted by molar-refractivity contribution is 7.89. The number of nitrogens with zero attached hydrogens (tertiary/aromatic N) is 2. The van der Waals surface area contributed by atoms with Crippen molar-refractivity contribution in [2.45, 2.75) is 31.6 Å². The molecule has 20 heavy (non-hydrogen) atoms. The lowest BCUT2D eigenvalue weighted by atomic mass is 10.1. The van der Waals surface area contributed by atoms with E-state index in [4.69, 9.17) is 0 Å². The number of hydrogen-bond acceptors (Lipinski definition) is 3. The van der Waals surface area contributed by atoms with E-state index in [9.17, 15) is 8.42 Å². The molecule has 2 rings (SSSR count). The van der Waals surface area contributed by atoms with Crippen molar-refractivity contribution in [3.63, 3.8) is 0 Å². The first-order chi connectivity index (χ1) is 9.48. The van der Waals surface area contributed by atoms with Gasteiger partial charge in [0.2, 0.25) is 10.0 Å². The molecule has 1 heterocycles. The highest BCUT2D eigenvalue weighted by Gasteiger charge is 2.23. The molecule has 0 N–H and O–H groups in total. The maximum Gasteiger partial charge on any atom is 0.243 e. The van der Waals surface area contributed by atoms with Crippen molar-refractivity contribution in [1.82, 2.24) is 9.29 Å². The highest BCUT2D eigenvalue weighted by atomic mass is 32.2. The normalized spacial score (nSPS) is 12.2. The molecule has 0 saturated heterocycles. The van der Waals surface area contributed by atoms with Gasteiger partial charge in [0.05, 0.1) is 10.4 Å². The van der Waals surface area contributed by atoms with E-state index in [0.717, 1.165) is 23.9 Å². The van der Waals surface area contributed by atoms with Gasteiger partial charge in [-0.1, -0.05) is 19.4 Å². The van der Waals surface area contributed by atoms with Crippen molar-refractivity contribution in [2.75, 3.05) is 13.6 Å². The molecule has 4 nitrogen and oxygen atoms in total. The summed E-state index contributed by atoms with van der Waals surface area (Å²) in [6.45, 7) is 4.52. The van der Waals surface area contributed by atoms with Crippen LogP contribution in [0, 0.1) is 6.92 Å². The van der Waals surface area contributed by atoms with Gasteiger partial charge in [0, 0.05) is 25.2 Å². The Labute approximate surface area is 120 Å². The van der Waals surface area contributed by atoms with Crippen LogP contribution in [-0.4, -0.2) is 31.3 Å². The SMILES string of the molecule is CCCCN(C)S(=O)(=O)c1ccc(C)c2ncccc12. The van der Waals surface area contributed by atoms with E-state index in [1.165, 1.54) is 4.31 Å². The molecule has 108 valence electrons. The first-order valence-electron chi connectivity index (χ1n) is 6.79. The van der Waals surface area contributed by atoms with E-state index in [1.54, 1.807) is 25.4 Å². The fourth-order valence-electron chi connectivity index (χ4n) is 2.18. The molecular formula is C15H20N2O2S. The highest BCUT2D eigenvalue weighted by Crippen LogP contribution is 2.26. The second-order valence-electron chi connectivity index (χ2n) is 4.96. The summed E-state index contributed by atoms with van der Waals surface area (Å²) in [5.41, 5.74) is 1.73. The fourth-order valence-corrected chi connectivity index (χ4v) is 3.57. The summed E-state index contributed by atoms with van der Waals surface area (Å²) in [6, 6.07) is 7.08. The number of fused-ring (bicyclic) bond motifs is 1. The van der Waals surface area contributed by atoms with Crippen LogP contribution in [0.4, 0.5) is 0 Å². The van der Waals surface area contributed by atoms with Crippen molar-refractivity contribution in [3.8, 4) is 0 Å². The van der Waals surface area contributed by atoms with Crippen LogP contribution in [0.3, 0.4) is 0 Å². The molecule has 0 aliphatic carbocycles. The molecule has 0 spiro atoms. The van der Waals surface area contributed by atoms with Crippen LogP contribution in [0.15, 0.2) is 35.4 Å². The number of hydrogen-bond donors (Lipinski definition) is 0. The van der Waals surface area contributed by atoms with Crippen molar-refractivity contribution >= 4 is 20.9 Å². The summed E-state index contributed by atoms with van der Waals surface area (Å²) < 4.78 is 26.7. The minimum absolute atomic E-state index is 0.338. The third-order valence-corrected chi connectivity index (χ3v) is 5.36. The molecule has 1 aromatic carbocycles. The van der Waals surface area contributed by atoms with E-state index >= 15 is 0 Å². The minimum Gasteiger partial charge on any atom is -0.256 e. The third kappa shape index (κ3) is 2.69. The number of benzene rings is 1. The van der Waals surface area contributed by atoms with Crippen LogP contribution in [0.5, 0.6) is 0 Å². The lowest BCUT2D eigenvalue weighted by Crippen LogP contribution is -2.28. The minimum atomic E-state index is -3.46. The molecule has 0 amide bonds. The Kier molecular flexibility index (Phi) is 4.40. The number of unbranched alkanes of at least 4 members (excludes halogenated alkanes) is 1. The van der Waals surface area contributed by atoms with Gasteiger partial charge < -0.3 is 0 Å². The van der Waals surface area contributed by atoms with Crippen LogP contribution < -0.4 is 0 Å². The van der Waals surface area contributed by atoms with Gasteiger partial charge >= 0.3 is 0 Å². The van der Waals surface area contributed by atoms with Gasteiger partial charge in [-0.3, -0.25) is 4.98 Å². The summed E-state index contributed by atoms with van der Waals surface area (Å²) >= 11 is 0. The number of aryl methyl sites for hydroxylation is 1. The van der Waals surface area contributed by atoms with Crippen molar-refractivity contribution < 1.29 is 8.42 Å². The van der Waals surface area contributed by atoms with Crippen LogP contribution in [-0.2, 0) is 10.0 Å². The molecule has 0 bridgehead atoms. The van der Waals surface area contributed by atoms with Gasteiger partial charge in [0.25, 0.3) is 0 Å². The Balaban J connectivity index is 2.55. The largest absolute Gasteiger partial charge is 0.256 e. The van der Waals surface area contributed by atoms with Gasteiger partial charge in [-0.2, -0.15) is 0 Å². The fraction of sp³-hybridized carbons (Fsp3) is 0.400. The number of aromatic nitrogens is 1. The zero-order chi connectivity index (χ0) is 14.8. The molecule has 0 atom stereocenters. The quantitative estimate of drug-likeness (QED) is 0.851. The van der Waals surface area contributed by atoms with E-state index in [-0.39, 0.29) is 0 Å². The van der Waals surface area contributed by atoms with Gasteiger partial charge in [0.1, 0.15) is 0 Å². The average molecular weight is 292 g/mol. The standard InChI is InChI=1S/C15H20N2O2S/c1-4-5-11-17(3)20(18,19)14-9-8-12(2)15-13(14)7-6-10-16-15/h6-10H,4-5,11H2,1-3H3. The first kappa shape index (κ1) is 14.9. The van der Waals surface area contributed by atoms with Gasteiger partial charge in [0.15, 0.2) is 0 Å². The van der Waals surface area contributed by atoms with Gasteiger partial charge in [-0.25, -0.2) is 12.7 Å². The molecule has 0 unspecified atom stereocenters. The lowest BCUT2D eigenvalue weighted by molar-refractivity contribution is 0.460. The Bertz CT molecular complexity index is 711. The topological polar surface area (TPSA) is 50.3 Å². The third-order valence-electron chi connectivity index (χ3n) is 3.45.